The molecular formula is C18H22N2OS. The lowest BCUT2D eigenvalue weighted by Crippen LogP contribution is -2.41. The van der Waals surface area contributed by atoms with Crippen LogP contribution in [0.2, 0.25) is 0 Å². The molecule has 1 saturated heterocycles. The molecule has 0 spiro atoms. The number of amides is 1. The van der Waals surface area contributed by atoms with Crippen molar-refractivity contribution in [2.24, 2.45) is 0 Å². The number of anilines is 1. The average molecular weight is 314 g/mol. The fourth-order valence-electron chi connectivity index (χ4n) is 3.18. The minimum absolute atomic E-state index is 0.0800. The first-order valence-electron chi connectivity index (χ1n) is 7.81. The molecule has 1 aromatic heterocycles. The first-order valence-corrected chi connectivity index (χ1v) is 8.75. The van der Waals surface area contributed by atoms with Crippen molar-refractivity contribution in [3.05, 3.63) is 52.2 Å². The molecule has 4 heteroatoms. The SMILES string of the molecule is Cc1ccccc1NC(=O)[C@@H](C)N1CCC[C@H]1c1ccsc1. The first kappa shape index (κ1) is 15.3. The summed E-state index contributed by atoms with van der Waals surface area (Å²) < 4.78 is 0. The molecule has 1 N–H and O–H groups in total. The van der Waals surface area contributed by atoms with Crippen molar-refractivity contribution in [1.29, 1.82) is 0 Å². The van der Waals surface area contributed by atoms with Gasteiger partial charge in [-0.05, 0) is 67.3 Å². The van der Waals surface area contributed by atoms with Crippen molar-refractivity contribution in [1.82, 2.24) is 4.90 Å². The molecule has 3 rings (SSSR count). The Morgan fingerprint density at radius 1 is 1.36 bits per heavy atom. The Kier molecular flexibility index (Phi) is 4.60. The molecular weight excluding hydrogens is 292 g/mol. The number of rotatable bonds is 4. The van der Waals surface area contributed by atoms with Crippen LogP contribution in [0.3, 0.4) is 0 Å². The lowest BCUT2D eigenvalue weighted by atomic mass is 10.1. The summed E-state index contributed by atoms with van der Waals surface area (Å²) >= 11 is 1.73. The quantitative estimate of drug-likeness (QED) is 0.916. The number of hydrogen-bond acceptors (Lipinski definition) is 3. The predicted octanol–water partition coefficient (Wildman–Crippen LogP) is 4.22. The molecule has 0 bridgehead atoms. The maximum atomic E-state index is 12.6. The van der Waals surface area contributed by atoms with E-state index in [9.17, 15) is 4.79 Å². The molecule has 2 atom stereocenters. The molecule has 22 heavy (non-hydrogen) atoms. The van der Waals surface area contributed by atoms with Gasteiger partial charge in [-0.1, -0.05) is 18.2 Å². The summed E-state index contributed by atoms with van der Waals surface area (Å²) in [7, 11) is 0. The topological polar surface area (TPSA) is 32.3 Å². The van der Waals surface area contributed by atoms with Gasteiger partial charge in [0.1, 0.15) is 0 Å². The maximum Gasteiger partial charge on any atom is 0.241 e. The van der Waals surface area contributed by atoms with Crippen LogP contribution in [0.1, 0.15) is 36.9 Å². The van der Waals surface area contributed by atoms with E-state index in [1.54, 1.807) is 11.3 Å². The summed E-state index contributed by atoms with van der Waals surface area (Å²) in [5.41, 5.74) is 3.35. The number of nitrogens with zero attached hydrogens (tertiary/aromatic N) is 1. The molecule has 1 aliphatic rings. The van der Waals surface area contributed by atoms with Crippen LogP contribution in [0.4, 0.5) is 5.69 Å². The zero-order valence-corrected chi connectivity index (χ0v) is 13.9. The van der Waals surface area contributed by atoms with Gasteiger partial charge in [-0.3, -0.25) is 9.69 Å². The summed E-state index contributed by atoms with van der Waals surface area (Å²) in [4.78, 5) is 14.9. The molecule has 2 heterocycles. The minimum atomic E-state index is -0.119. The molecule has 0 saturated carbocycles. The number of aryl methyl sites for hydroxylation is 1. The van der Waals surface area contributed by atoms with Gasteiger partial charge in [-0.15, -0.1) is 0 Å². The van der Waals surface area contributed by atoms with E-state index in [4.69, 9.17) is 0 Å². The largest absolute Gasteiger partial charge is 0.324 e. The van der Waals surface area contributed by atoms with Crippen molar-refractivity contribution in [2.75, 3.05) is 11.9 Å². The summed E-state index contributed by atoms with van der Waals surface area (Å²) in [5, 5.41) is 7.39. The highest BCUT2D eigenvalue weighted by Crippen LogP contribution is 2.34. The molecule has 0 unspecified atom stereocenters. The Hall–Kier alpha value is -1.65. The smallest absolute Gasteiger partial charge is 0.241 e. The number of benzene rings is 1. The van der Waals surface area contributed by atoms with E-state index in [-0.39, 0.29) is 11.9 Å². The molecule has 1 aromatic carbocycles. The molecule has 0 radical (unpaired) electrons. The number of carbonyl (C=O) groups is 1. The minimum Gasteiger partial charge on any atom is -0.324 e. The normalized spacial score (nSPS) is 20.0. The third-order valence-corrected chi connectivity index (χ3v) is 5.20. The van der Waals surface area contributed by atoms with Crippen LogP contribution in [0.5, 0.6) is 0 Å². The number of carbonyl (C=O) groups excluding carboxylic acids is 1. The number of thiophene rings is 1. The summed E-state index contributed by atoms with van der Waals surface area (Å²) in [5.74, 6) is 0.0800. The van der Waals surface area contributed by atoms with Crippen molar-refractivity contribution in [3.8, 4) is 0 Å². The highest BCUT2D eigenvalue weighted by atomic mass is 32.1. The monoisotopic (exact) mass is 314 g/mol. The molecule has 0 aliphatic carbocycles. The highest BCUT2D eigenvalue weighted by Gasteiger charge is 2.33. The fourth-order valence-corrected chi connectivity index (χ4v) is 3.88. The Morgan fingerprint density at radius 2 is 2.18 bits per heavy atom. The Morgan fingerprint density at radius 3 is 2.91 bits per heavy atom. The predicted molar refractivity (Wildman–Crippen MR) is 92.3 cm³/mol. The summed E-state index contributed by atoms with van der Waals surface area (Å²) in [6, 6.07) is 10.4. The summed E-state index contributed by atoms with van der Waals surface area (Å²) in [6.45, 7) is 5.02. The molecule has 1 aliphatic heterocycles. The van der Waals surface area contributed by atoms with E-state index in [0.717, 1.165) is 30.6 Å². The summed E-state index contributed by atoms with van der Waals surface area (Å²) in [6.07, 6.45) is 2.29. The average Bonchev–Trinajstić information content (AvgIpc) is 3.19. The van der Waals surface area contributed by atoms with Gasteiger partial charge in [0.2, 0.25) is 5.91 Å². The van der Waals surface area contributed by atoms with Crippen molar-refractivity contribution >= 4 is 22.9 Å². The van der Waals surface area contributed by atoms with Gasteiger partial charge in [0.15, 0.2) is 0 Å². The maximum absolute atomic E-state index is 12.6. The van der Waals surface area contributed by atoms with Crippen LogP contribution < -0.4 is 5.32 Å². The molecule has 116 valence electrons. The van der Waals surface area contributed by atoms with E-state index in [1.165, 1.54) is 5.56 Å². The standard InChI is InChI=1S/C18H22N2OS/c1-13-6-3-4-7-16(13)19-18(21)14(2)20-10-5-8-17(20)15-9-11-22-12-15/h3-4,6-7,9,11-12,14,17H,5,8,10H2,1-2H3,(H,19,21)/t14-,17+/m1/s1. The van der Waals surface area contributed by atoms with Crippen LogP contribution in [-0.4, -0.2) is 23.4 Å². The van der Waals surface area contributed by atoms with Crippen LogP contribution in [-0.2, 0) is 4.79 Å². The van der Waals surface area contributed by atoms with Gasteiger partial charge in [0.05, 0.1) is 6.04 Å². The Labute approximate surface area is 136 Å². The zero-order valence-electron chi connectivity index (χ0n) is 13.1. The Balaban J connectivity index is 1.71. The molecule has 2 aromatic rings. The van der Waals surface area contributed by atoms with E-state index in [0.29, 0.717) is 6.04 Å². The molecule has 3 nitrogen and oxygen atoms in total. The van der Waals surface area contributed by atoms with Gasteiger partial charge in [-0.2, -0.15) is 11.3 Å². The van der Waals surface area contributed by atoms with Gasteiger partial charge < -0.3 is 5.32 Å². The van der Waals surface area contributed by atoms with E-state index in [1.807, 2.05) is 38.1 Å². The van der Waals surface area contributed by atoms with Crippen LogP contribution in [0.25, 0.3) is 0 Å². The lowest BCUT2D eigenvalue weighted by Gasteiger charge is -2.29. The zero-order chi connectivity index (χ0) is 15.5. The van der Waals surface area contributed by atoms with E-state index < -0.39 is 0 Å². The van der Waals surface area contributed by atoms with Gasteiger partial charge >= 0.3 is 0 Å². The molecule has 1 fully saturated rings. The number of likely N-dealkylation sites (tertiary alicyclic amines) is 1. The van der Waals surface area contributed by atoms with E-state index >= 15 is 0 Å². The van der Waals surface area contributed by atoms with E-state index in [2.05, 4.69) is 27.0 Å². The van der Waals surface area contributed by atoms with Gasteiger partial charge in [0, 0.05) is 11.7 Å². The second-order valence-electron chi connectivity index (χ2n) is 5.93. The third kappa shape index (κ3) is 3.08. The second-order valence-corrected chi connectivity index (χ2v) is 6.71. The first-order chi connectivity index (χ1) is 10.7. The van der Waals surface area contributed by atoms with Crippen LogP contribution in [0.15, 0.2) is 41.1 Å². The van der Waals surface area contributed by atoms with Crippen molar-refractivity contribution in [2.45, 2.75) is 38.8 Å². The van der Waals surface area contributed by atoms with Crippen molar-refractivity contribution < 1.29 is 4.79 Å². The lowest BCUT2D eigenvalue weighted by molar-refractivity contribution is -0.121. The van der Waals surface area contributed by atoms with Gasteiger partial charge in [0.25, 0.3) is 0 Å². The number of para-hydroxylation sites is 1. The second kappa shape index (κ2) is 6.63. The van der Waals surface area contributed by atoms with Crippen LogP contribution in [0, 0.1) is 6.92 Å². The molecule has 1 amide bonds. The van der Waals surface area contributed by atoms with Crippen molar-refractivity contribution in [3.63, 3.8) is 0 Å². The fraction of sp³-hybridized carbons (Fsp3) is 0.389. The number of nitrogens with one attached hydrogen (secondary N) is 1. The Bertz CT molecular complexity index is 638. The third-order valence-electron chi connectivity index (χ3n) is 4.50. The van der Waals surface area contributed by atoms with Crippen LogP contribution >= 0.6 is 11.3 Å². The highest BCUT2D eigenvalue weighted by molar-refractivity contribution is 7.07. The number of hydrogen-bond donors (Lipinski definition) is 1. The van der Waals surface area contributed by atoms with Gasteiger partial charge in [-0.25, -0.2) is 0 Å².